The Labute approximate surface area is 99.5 Å². The van der Waals surface area contributed by atoms with Crippen LogP contribution in [0.4, 0.5) is 14.5 Å². The molecule has 1 amide bonds. The van der Waals surface area contributed by atoms with Crippen LogP contribution in [0.2, 0.25) is 0 Å². The molecule has 2 N–H and O–H groups in total. The van der Waals surface area contributed by atoms with Crippen LogP contribution in [-0.2, 0) is 0 Å². The zero-order valence-electron chi connectivity index (χ0n) is 8.91. The predicted molar refractivity (Wildman–Crippen MR) is 59.2 cm³/mol. The molecule has 0 saturated heterocycles. The van der Waals surface area contributed by atoms with Crippen LogP contribution in [0.15, 0.2) is 35.1 Å². The number of amides is 1. The number of carbonyl (C=O) groups excluding carboxylic acids is 1. The van der Waals surface area contributed by atoms with Gasteiger partial charge in [-0.15, -0.1) is 0 Å². The number of H-pyrrole nitrogens is 1. The molecule has 0 aliphatic rings. The van der Waals surface area contributed by atoms with Gasteiger partial charge in [0.1, 0.15) is 5.69 Å². The fourth-order valence-corrected chi connectivity index (χ4v) is 1.28. The maximum atomic E-state index is 13.2. The molecular formula is C11H7F2N3O2. The molecule has 0 atom stereocenters. The molecule has 0 unspecified atom stereocenters. The average Bonchev–Trinajstić information content (AvgIpc) is 2.32. The van der Waals surface area contributed by atoms with Gasteiger partial charge in [0.2, 0.25) is 17.5 Å². The largest absolute Gasteiger partial charge is 0.318 e. The number of halogens is 2. The molecule has 2 rings (SSSR count). The minimum absolute atomic E-state index is 0.0359. The fourth-order valence-electron chi connectivity index (χ4n) is 1.28. The smallest absolute Gasteiger partial charge is 0.272 e. The van der Waals surface area contributed by atoms with E-state index in [9.17, 15) is 18.4 Å². The number of pyridine rings is 2. The second-order valence-electron chi connectivity index (χ2n) is 3.36. The molecule has 0 aromatic carbocycles. The molecule has 0 radical (unpaired) electrons. The third kappa shape index (κ3) is 2.57. The van der Waals surface area contributed by atoms with Gasteiger partial charge in [0, 0.05) is 6.07 Å². The highest BCUT2D eigenvalue weighted by Gasteiger charge is 2.11. The number of aromatic amines is 1. The Kier molecular flexibility index (Phi) is 3.13. The van der Waals surface area contributed by atoms with Crippen LogP contribution in [0.5, 0.6) is 0 Å². The van der Waals surface area contributed by atoms with Gasteiger partial charge in [-0.3, -0.25) is 9.59 Å². The lowest BCUT2D eigenvalue weighted by Gasteiger charge is -2.05. The summed E-state index contributed by atoms with van der Waals surface area (Å²) in [5.41, 5.74) is -0.766. The number of rotatable bonds is 2. The maximum absolute atomic E-state index is 13.2. The monoisotopic (exact) mass is 251 g/mol. The van der Waals surface area contributed by atoms with Crippen molar-refractivity contribution in [1.29, 1.82) is 0 Å². The van der Waals surface area contributed by atoms with E-state index in [0.717, 1.165) is 12.1 Å². The minimum Gasteiger partial charge on any atom is -0.318 e. The SMILES string of the molecule is O=C(Nc1ccc(F)nc1F)c1cccc(=O)[nH]1. The maximum Gasteiger partial charge on any atom is 0.272 e. The second kappa shape index (κ2) is 4.74. The standard InChI is InChI=1S/C11H7F2N3O2/c12-8-5-4-6(10(13)16-8)15-11(18)7-2-1-3-9(17)14-7/h1-5H,(H,14,17)(H,15,18). The van der Waals surface area contributed by atoms with Crippen LogP contribution >= 0.6 is 0 Å². The zero-order chi connectivity index (χ0) is 13.1. The Bertz CT molecular complexity index is 655. The summed E-state index contributed by atoms with van der Waals surface area (Å²) in [4.78, 5) is 27.8. The Hall–Kier alpha value is -2.57. The summed E-state index contributed by atoms with van der Waals surface area (Å²) < 4.78 is 25.7. The van der Waals surface area contributed by atoms with Crippen molar-refractivity contribution in [1.82, 2.24) is 9.97 Å². The number of nitrogens with zero attached hydrogens (tertiary/aromatic N) is 1. The first-order valence-corrected chi connectivity index (χ1v) is 4.89. The summed E-state index contributed by atoms with van der Waals surface area (Å²) >= 11 is 0. The van der Waals surface area contributed by atoms with Gasteiger partial charge in [-0.1, -0.05) is 6.07 Å². The molecule has 0 bridgehead atoms. The Balaban J connectivity index is 2.24. The molecule has 18 heavy (non-hydrogen) atoms. The summed E-state index contributed by atoms with van der Waals surface area (Å²) in [5.74, 6) is -2.85. The molecule has 0 aliphatic carbocycles. The molecule has 2 heterocycles. The van der Waals surface area contributed by atoms with Gasteiger partial charge >= 0.3 is 0 Å². The first-order valence-electron chi connectivity index (χ1n) is 4.89. The van der Waals surface area contributed by atoms with Crippen molar-refractivity contribution in [3.8, 4) is 0 Å². The van der Waals surface area contributed by atoms with E-state index < -0.39 is 23.4 Å². The number of hydrogen-bond acceptors (Lipinski definition) is 3. The number of aromatic nitrogens is 2. The van der Waals surface area contributed by atoms with Crippen molar-refractivity contribution in [2.75, 3.05) is 5.32 Å². The van der Waals surface area contributed by atoms with Crippen molar-refractivity contribution < 1.29 is 13.6 Å². The highest BCUT2D eigenvalue weighted by atomic mass is 19.1. The van der Waals surface area contributed by atoms with Crippen LogP contribution in [0.1, 0.15) is 10.5 Å². The van der Waals surface area contributed by atoms with Crippen LogP contribution in [-0.4, -0.2) is 15.9 Å². The summed E-state index contributed by atoms with van der Waals surface area (Å²) in [5, 5.41) is 2.17. The van der Waals surface area contributed by atoms with Gasteiger partial charge in [-0.25, -0.2) is 0 Å². The number of anilines is 1. The minimum atomic E-state index is -1.14. The van der Waals surface area contributed by atoms with E-state index >= 15 is 0 Å². The Morgan fingerprint density at radius 1 is 1.22 bits per heavy atom. The van der Waals surface area contributed by atoms with Crippen molar-refractivity contribution in [2.24, 2.45) is 0 Å². The fraction of sp³-hybridized carbons (Fsp3) is 0. The normalized spacial score (nSPS) is 10.1. The van der Waals surface area contributed by atoms with E-state index in [1.54, 1.807) is 0 Å². The van der Waals surface area contributed by atoms with Crippen LogP contribution in [0, 0.1) is 11.9 Å². The van der Waals surface area contributed by atoms with Gasteiger partial charge in [0.15, 0.2) is 0 Å². The molecule has 7 heteroatoms. The molecule has 0 aliphatic heterocycles. The van der Waals surface area contributed by atoms with Crippen LogP contribution in [0.3, 0.4) is 0 Å². The predicted octanol–water partition coefficient (Wildman–Crippen LogP) is 1.30. The lowest BCUT2D eigenvalue weighted by Crippen LogP contribution is -2.18. The average molecular weight is 251 g/mol. The van der Waals surface area contributed by atoms with Gasteiger partial charge in [0.25, 0.3) is 5.91 Å². The second-order valence-corrected chi connectivity index (χ2v) is 3.36. The van der Waals surface area contributed by atoms with Crippen LogP contribution in [0.25, 0.3) is 0 Å². The number of nitrogens with one attached hydrogen (secondary N) is 2. The quantitative estimate of drug-likeness (QED) is 0.790. The van der Waals surface area contributed by atoms with Gasteiger partial charge in [-0.2, -0.15) is 13.8 Å². The molecule has 92 valence electrons. The van der Waals surface area contributed by atoms with E-state index in [-0.39, 0.29) is 11.4 Å². The summed E-state index contributed by atoms with van der Waals surface area (Å²) in [7, 11) is 0. The van der Waals surface area contributed by atoms with Gasteiger partial charge < -0.3 is 10.3 Å². The first kappa shape index (κ1) is 11.9. The van der Waals surface area contributed by atoms with E-state index in [0.29, 0.717) is 0 Å². The molecular weight excluding hydrogens is 244 g/mol. The summed E-state index contributed by atoms with van der Waals surface area (Å²) in [6, 6.07) is 5.92. The molecule has 2 aromatic rings. The third-order valence-corrected chi connectivity index (χ3v) is 2.08. The van der Waals surface area contributed by atoms with Crippen molar-refractivity contribution in [3.63, 3.8) is 0 Å². The van der Waals surface area contributed by atoms with E-state index in [4.69, 9.17) is 0 Å². The number of hydrogen-bond donors (Lipinski definition) is 2. The summed E-state index contributed by atoms with van der Waals surface area (Å²) in [6.07, 6.45) is 0. The van der Waals surface area contributed by atoms with E-state index in [1.807, 2.05) is 0 Å². The Morgan fingerprint density at radius 3 is 2.67 bits per heavy atom. The van der Waals surface area contributed by atoms with Gasteiger partial charge in [-0.05, 0) is 18.2 Å². The van der Waals surface area contributed by atoms with Crippen molar-refractivity contribution >= 4 is 11.6 Å². The number of carbonyl (C=O) groups is 1. The summed E-state index contributed by atoms with van der Waals surface area (Å²) in [6.45, 7) is 0. The molecule has 5 nitrogen and oxygen atoms in total. The molecule has 0 saturated carbocycles. The topological polar surface area (TPSA) is 74.8 Å². The van der Waals surface area contributed by atoms with E-state index in [2.05, 4.69) is 15.3 Å². The zero-order valence-corrected chi connectivity index (χ0v) is 8.91. The Morgan fingerprint density at radius 2 is 2.00 bits per heavy atom. The van der Waals surface area contributed by atoms with E-state index in [1.165, 1.54) is 18.2 Å². The first-order chi connectivity index (χ1) is 8.56. The lowest BCUT2D eigenvalue weighted by molar-refractivity contribution is 0.102. The van der Waals surface area contributed by atoms with Crippen LogP contribution < -0.4 is 10.9 Å². The molecule has 0 fully saturated rings. The molecule has 2 aromatic heterocycles. The van der Waals surface area contributed by atoms with Crippen molar-refractivity contribution in [2.45, 2.75) is 0 Å². The third-order valence-electron chi connectivity index (χ3n) is 2.08. The lowest BCUT2D eigenvalue weighted by atomic mass is 10.3. The highest BCUT2D eigenvalue weighted by molar-refractivity contribution is 6.02. The highest BCUT2D eigenvalue weighted by Crippen LogP contribution is 2.12. The van der Waals surface area contributed by atoms with Crippen molar-refractivity contribution in [3.05, 3.63) is 58.3 Å². The van der Waals surface area contributed by atoms with Gasteiger partial charge in [0.05, 0.1) is 5.69 Å². The molecule has 0 spiro atoms.